The monoisotopic (exact) mass is 431 g/mol. The molecule has 0 atom stereocenters. The summed E-state index contributed by atoms with van der Waals surface area (Å²) in [4.78, 5) is 32.8. The van der Waals surface area contributed by atoms with Crippen LogP contribution in [0.2, 0.25) is 5.02 Å². The van der Waals surface area contributed by atoms with Gasteiger partial charge in [0, 0.05) is 24.3 Å². The maximum absolute atomic E-state index is 13.3. The lowest BCUT2D eigenvalue weighted by molar-refractivity contribution is 0.0692. The Balaban J connectivity index is 1.41. The molecule has 0 N–H and O–H groups in total. The number of carbonyl (C=O) groups is 1. The summed E-state index contributed by atoms with van der Waals surface area (Å²) in [6.45, 7) is 1.43. The molecule has 1 aliphatic rings. The molecule has 0 unspecified atom stereocenters. The fourth-order valence-electron chi connectivity index (χ4n) is 4.42. The Morgan fingerprint density at radius 2 is 1.81 bits per heavy atom. The minimum atomic E-state index is -0.223. The molecule has 5 rings (SSSR count). The van der Waals surface area contributed by atoms with Crippen molar-refractivity contribution in [3.8, 4) is 0 Å². The molecule has 0 saturated carbocycles. The zero-order valence-electron chi connectivity index (χ0n) is 17.0. The van der Waals surface area contributed by atoms with Gasteiger partial charge in [0.05, 0.1) is 16.5 Å². The molecule has 31 heavy (non-hydrogen) atoms. The van der Waals surface area contributed by atoms with Crippen LogP contribution in [-0.4, -0.2) is 33.3 Å². The van der Waals surface area contributed by atoms with Crippen molar-refractivity contribution in [2.45, 2.75) is 19.3 Å². The molecule has 0 aliphatic carbocycles. The van der Waals surface area contributed by atoms with Gasteiger partial charge >= 0.3 is 0 Å². The van der Waals surface area contributed by atoms with Gasteiger partial charge in [0.1, 0.15) is 0 Å². The molecule has 2 aromatic heterocycles. The zero-order valence-corrected chi connectivity index (χ0v) is 17.8. The Morgan fingerprint density at radius 3 is 2.58 bits per heavy atom. The number of nitrogens with zero attached hydrogens (tertiary/aromatic N) is 3. The van der Waals surface area contributed by atoms with E-state index in [1.54, 1.807) is 36.5 Å². The van der Waals surface area contributed by atoms with Crippen LogP contribution in [0.15, 0.2) is 71.7 Å². The van der Waals surface area contributed by atoms with Gasteiger partial charge in [-0.25, -0.2) is 4.98 Å². The number of hydrogen-bond acceptors (Lipinski definition) is 3. The molecule has 2 aromatic carbocycles. The predicted octanol–water partition coefficient (Wildman–Crippen LogP) is 4.60. The summed E-state index contributed by atoms with van der Waals surface area (Å²) in [6, 6.07) is 19.0. The number of likely N-dealkylation sites (tertiary alicyclic amines) is 1. The van der Waals surface area contributed by atoms with Gasteiger partial charge in [-0.1, -0.05) is 41.9 Å². The predicted molar refractivity (Wildman–Crippen MR) is 123 cm³/mol. The second-order valence-corrected chi connectivity index (χ2v) is 8.56. The first kappa shape index (κ1) is 19.8. The van der Waals surface area contributed by atoms with Gasteiger partial charge in [-0.3, -0.25) is 14.0 Å². The largest absolute Gasteiger partial charge is 0.339 e. The number of aromatic nitrogens is 2. The number of piperidine rings is 1. The fourth-order valence-corrected chi connectivity index (χ4v) is 4.60. The van der Waals surface area contributed by atoms with E-state index in [0.717, 1.165) is 19.3 Å². The maximum atomic E-state index is 13.3. The van der Waals surface area contributed by atoms with Gasteiger partial charge in [-0.05, 0) is 61.1 Å². The topological polar surface area (TPSA) is 54.7 Å². The standard InChI is InChI=1S/C25H22ClN3O2/c26-19-8-9-22-21(16-19)25(31)29-12-4-7-20(23(29)27-22)24(30)28-13-10-18(11-14-28)15-17-5-2-1-3-6-17/h1-9,12,16,18H,10-11,13-15H2. The van der Waals surface area contributed by atoms with E-state index in [0.29, 0.717) is 46.1 Å². The van der Waals surface area contributed by atoms with Gasteiger partial charge in [0.2, 0.25) is 0 Å². The van der Waals surface area contributed by atoms with Crippen LogP contribution in [0.4, 0.5) is 0 Å². The first-order valence-corrected chi connectivity index (χ1v) is 10.9. The molecule has 5 nitrogen and oxygen atoms in total. The molecule has 156 valence electrons. The summed E-state index contributed by atoms with van der Waals surface area (Å²) in [5, 5.41) is 0.924. The molecule has 0 bridgehead atoms. The number of halogens is 1. The second-order valence-electron chi connectivity index (χ2n) is 8.12. The Hall–Kier alpha value is -3.18. The molecule has 1 fully saturated rings. The second kappa shape index (κ2) is 8.16. The van der Waals surface area contributed by atoms with Gasteiger partial charge in [0.15, 0.2) is 5.65 Å². The lowest BCUT2D eigenvalue weighted by Crippen LogP contribution is -2.39. The molecule has 4 aromatic rings. The average Bonchev–Trinajstić information content (AvgIpc) is 2.80. The first-order valence-electron chi connectivity index (χ1n) is 10.5. The number of fused-ring (bicyclic) bond motifs is 2. The third-order valence-corrected chi connectivity index (χ3v) is 6.34. The number of benzene rings is 2. The van der Waals surface area contributed by atoms with E-state index in [9.17, 15) is 9.59 Å². The molecule has 3 heterocycles. The molecule has 1 saturated heterocycles. The van der Waals surface area contributed by atoms with Crippen LogP contribution < -0.4 is 5.56 Å². The summed E-state index contributed by atoms with van der Waals surface area (Å²) >= 11 is 6.05. The summed E-state index contributed by atoms with van der Waals surface area (Å²) in [7, 11) is 0. The number of amides is 1. The van der Waals surface area contributed by atoms with E-state index < -0.39 is 0 Å². The molecule has 1 amide bonds. The van der Waals surface area contributed by atoms with Crippen molar-refractivity contribution in [2.24, 2.45) is 5.92 Å². The lowest BCUT2D eigenvalue weighted by atomic mass is 9.90. The minimum Gasteiger partial charge on any atom is -0.339 e. The highest BCUT2D eigenvalue weighted by Crippen LogP contribution is 2.24. The average molecular weight is 432 g/mol. The van der Waals surface area contributed by atoms with Crippen molar-refractivity contribution in [1.82, 2.24) is 14.3 Å². The van der Waals surface area contributed by atoms with Crippen molar-refractivity contribution >= 4 is 34.1 Å². The highest BCUT2D eigenvalue weighted by molar-refractivity contribution is 6.31. The zero-order chi connectivity index (χ0) is 21.4. The number of rotatable bonds is 3. The molecule has 0 spiro atoms. The van der Waals surface area contributed by atoms with Crippen molar-refractivity contribution in [1.29, 1.82) is 0 Å². The maximum Gasteiger partial charge on any atom is 0.265 e. The van der Waals surface area contributed by atoms with Crippen LogP contribution in [0.25, 0.3) is 16.6 Å². The normalized spacial score (nSPS) is 14.9. The van der Waals surface area contributed by atoms with Crippen molar-refractivity contribution < 1.29 is 4.79 Å². The van der Waals surface area contributed by atoms with Crippen molar-refractivity contribution in [3.63, 3.8) is 0 Å². The van der Waals surface area contributed by atoms with E-state index in [-0.39, 0.29) is 11.5 Å². The van der Waals surface area contributed by atoms with Crippen molar-refractivity contribution in [2.75, 3.05) is 13.1 Å². The molecular formula is C25H22ClN3O2. The third kappa shape index (κ3) is 3.81. The van der Waals surface area contributed by atoms with Gasteiger partial charge < -0.3 is 4.90 Å². The van der Waals surface area contributed by atoms with Crippen LogP contribution in [-0.2, 0) is 6.42 Å². The van der Waals surface area contributed by atoms with Crippen LogP contribution in [0, 0.1) is 5.92 Å². The Morgan fingerprint density at radius 1 is 1.03 bits per heavy atom. The van der Waals surface area contributed by atoms with E-state index >= 15 is 0 Å². The van der Waals surface area contributed by atoms with Gasteiger partial charge in [-0.15, -0.1) is 0 Å². The highest BCUT2D eigenvalue weighted by atomic mass is 35.5. The quantitative estimate of drug-likeness (QED) is 0.445. The van der Waals surface area contributed by atoms with E-state index in [1.165, 1.54) is 9.96 Å². The molecule has 0 radical (unpaired) electrons. The Labute approximate surface area is 184 Å². The van der Waals surface area contributed by atoms with Gasteiger partial charge in [-0.2, -0.15) is 0 Å². The summed E-state index contributed by atoms with van der Waals surface area (Å²) in [5.41, 5.74) is 2.50. The van der Waals surface area contributed by atoms with Crippen LogP contribution in [0.1, 0.15) is 28.8 Å². The summed E-state index contributed by atoms with van der Waals surface area (Å²) in [6.07, 6.45) is 4.64. The molecule has 1 aliphatic heterocycles. The number of carbonyl (C=O) groups excluding carboxylic acids is 1. The van der Waals surface area contributed by atoms with E-state index in [2.05, 4.69) is 29.2 Å². The highest BCUT2D eigenvalue weighted by Gasteiger charge is 2.25. The number of pyridine rings is 1. The minimum absolute atomic E-state index is 0.0727. The third-order valence-electron chi connectivity index (χ3n) is 6.10. The van der Waals surface area contributed by atoms with E-state index in [4.69, 9.17) is 11.6 Å². The first-order chi connectivity index (χ1) is 15.1. The van der Waals surface area contributed by atoms with Gasteiger partial charge in [0.25, 0.3) is 11.5 Å². The molecular weight excluding hydrogens is 410 g/mol. The van der Waals surface area contributed by atoms with Crippen LogP contribution >= 0.6 is 11.6 Å². The van der Waals surface area contributed by atoms with Crippen LogP contribution in [0.5, 0.6) is 0 Å². The van der Waals surface area contributed by atoms with Crippen LogP contribution in [0.3, 0.4) is 0 Å². The summed E-state index contributed by atoms with van der Waals surface area (Å²) < 4.78 is 1.44. The van der Waals surface area contributed by atoms with E-state index in [1.807, 2.05) is 11.0 Å². The van der Waals surface area contributed by atoms with Crippen molar-refractivity contribution in [3.05, 3.63) is 93.4 Å². The fraction of sp³-hybridized carbons (Fsp3) is 0.240. The lowest BCUT2D eigenvalue weighted by Gasteiger charge is -2.32. The smallest absolute Gasteiger partial charge is 0.265 e. The Bertz CT molecular complexity index is 1330. The SMILES string of the molecule is O=C(c1cccn2c(=O)c3cc(Cl)ccc3nc12)N1CCC(Cc2ccccc2)CC1. The summed E-state index contributed by atoms with van der Waals surface area (Å²) in [5.74, 6) is 0.505. The number of hydrogen-bond donors (Lipinski definition) is 0. The Kier molecular flexibility index (Phi) is 5.20. The molecule has 6 heteroatoms.